The second kappa shape index (κ2) is 8.70. The third-order valence-electron chi connectivity index (χ3n) is 4.52. The number of aromatic nitrogens is 2. The molecule has 3 rings (SSSR count). The minimum absolute atomic E-state index is 0.0161. The zero-order valence-electron chi connectivity index (χ0n) is 16.2. The van der Waals surface area contributed by atoms with Crippen molar-refractivity contribution in [2.45, 2.75) is 20.8 Å². The molecular weight excluding hydrogens is 342 g/mol. The maximum Gasteiger partial charge on any atom is 0.260 e. The summed E-state index contributed by atoms with van der Waals surface area (Å²) < 4.78 is 5.61. The first-order valence-electron chi connectivity index (χ1n) is 9.37. The second-order valence-electron chi connectivity index (χ2n) is 6.66. The molecule has 1 amide bonds. The van der Waals surface area contributed by atoms with Crippen molar-refractivity contribution in [2.75, 3.05) is 49.5 Å². The summed E-state index contributed by atoms with van der Waals surface area (Å²) in [4.78, 5) is 25.4. The number of hydrogen-bond acceptors (Lipinski definition) is 6. The van der Waals surface area contributed by atoms with Gasteiger partial charge in [0.1, 0.15) is 23.2 Å². The molecule has 1 aliphatic rings. The molecule has 0 unspecified atom stereocenters. The zero-order valence-corrected chi connectivity index (χ0v) is 16.2. The molecule has 2 heterocycles. The molecule has 144 valence electrons. The number of anilines is 2. The van der Waals surface area contributed by atoms with Crippen LogP contribution in [0.4, 0.5) is 11.6 Å². The number of ether oxygens (including phenoxy) is 1. The lowest BCUT2D eigenvalue weighted by atomic mass is 10.2. The molecule has 1 N–H and O–H groups in total. The molecule has 0 bridgehead atoms. The largest absolute Gasteiger partial charge is 0.484 e. The van der Waals surface area contributed by atoms with Crippen LogP contribution in [0.3, 0.4) is 0 Å². The number of carbonyl (C=O) groups is 1. The quantitative estimate of drug-likeness (QED) is 0.842. The van der Waals surface area contributed by atoms with Crippen LogP contribution in [0.15, 0.2) is 30.3 Å². The Bertz CT molecular complexity index is 770. The van der Waals surface area contributed by atoms with Crippen molar-refractivity contribution in [3.63, 3.8) is 0 Å². The second-order valence-corrected chi connectivity index (χ2v) is 6.66. The van der Waals surface area contributed by atoms with Crippen molar-refractivity contribution in [3.05, 3.63) is 41.7 Å². The van der Waals surface area contributed by atoms with Gasteiger partial charge >= 0.3 is 0 Å². The van der Waals surface area contributed by atoms with E-state index >= 15 is 0 Å². The minimum atomic E-state index is 0.0161. The van der Waals surface area contributed by atoms with Gasteiger partial charge in [-0.05, 0) is 32.9 Å². The molecule has 1 fully saturated rings. The van der Waals surface area contributed by atoms with Crippen molar-refractivity contribution in [2.24, 2.45) is 0 Å². The number of amides is 1. The van der Waals surface area contributed by atoms with Gasteiger partial charge in [0.2, 0.25) is 0 Å². The molecule has 0 atom stereocenters. The molecule has 0 radical (unpaired) electrons. The fourth-order valence-electron chi connectivity index (χ4n) is 3.04. The van der Waals surface area contributed by atoms with E-state index in [9.17, 15) is 4.79 Å². The van der Waals surface area contributed by atoms with Gasteiger partial charge in [0, 0.05) is 38.8 Å². The van der Waals surface area contributed by atoms with E-state index in [1.165, 1.54) is 5.56 Å². The van der Waals surface area contributed by atoms with E-state index < -0.39 is 0 Å². The first-order chi connectivity index (χ1) is 13.0. The number of benzene rings is 1. The van der Waals surface area contributed by atoms with Crippen LogP contribution in [0.1, 0.15) is 18.3 Å². The topological polar surface area (TPSA) is 70.6 Å². The Labute approximate surface area is 160 Å². The normalized spacial score (nSPS) is 14.2. The number of nitrogens with one attached hydrogen (secondary N) is 1. The van der Waals surface area contributed by atoms with Gasteiger partial charge < -0.3 is 19.9 Å². The van der Waals surface area contributed by atoms with E-state index in [1.54, 1.807) is 0 Å². The number of carbonyl (C=O) groups excluding carboxylic acids is 1. The molecule has 2 aromatic rings. The highest BCUT2D eigenvalue weighted by molar-refractivity contribution is 5.78. The van der Waals surface area contributed by atoms with Crippen molar-refractivity contribution in [3.8, 4) is 5.75 Å². The summed E-state index contributed by atoms with van der Waals surface area (Å²) >= 11 is 0. The number of hydrogen-bond donors (Lipinski definition) is 1. The molecule has 1 saturated heterocycles. The fourth-order valence-corrected chi connectivity index (χ4v) is 3.04. The maximum atomic E-state index is 12.4. The summed E-state index contributed by atoms with van der Waals surface area (Å²) in [7, 11) is 0. The highest BCUT2D eigenvalue weighted by atomic mass is 16.5. The molecule has 0 spiro atoms. The van der Waals surface area contributed by atoms with E-state index in [-0.39, 0.29) is 12.5 Å². The van der Waals surface area contributed by atoms with Crippen LogP contribution in [0.25, 0.3) is 0 Å². The fraction of sp³-hybridized carbons (Fsp3) is 0.450. The lowest BCUT2D eigenvalue weighted by molar-refractivity contribution is -0.133. The summed E-state index contributed by atoms with van der Waals surface area (Å²) in [5.41, 5.74) is 1.17. The molecule has 0 saturated carbocycles. The Morgan fingerprint density at radius 3 is 2.48 bits per heavy atom. The summed E-state index contributed by atoms with van der Waals surface area (Å²) in [5.74, 6) is 3.22. The average Bonchev–Trinajstić information content (AvgIpc) is 2.67. The van der Waals surface area contributed by atoms with Gasteiger partial charge in [-0.2, -0.15) is 0 Å². The highest BCUT2D eigenvalue weighted by Gasteiger charge is 2.22. The third kappa shape index (κ3) is 5.09. The predicted molar refractivity (Wildman–Crippen MR) is 106 cm³/mol. The molecule has 1 aliphatic heterocycles. The zero-order chi connectivity index (χ0) is 19.2. The maximum absolute atomic E-state index is 12.4. The predicted octanol–water partition coefficient (Wildman–Crippen LogP) is 2.25. The van der Waals surface area contributed by atoms with Crippen LogP contribution in [-0.2, 0) is 4.79 Å². The molecule has 0 aliphatic carbocycles. The number of rotatable bonds is 6. The molecule has 7 heteroatoms. The van der Waals surface area contributed by atoms with E-state index in [4.69, 9.17) is 4.74 Å². The lowest BCUT2D eigenvalue weighted by Gasteiger charge is -2.35. The summed E-state index contributed by atoms with van der Waals surface area (Å²) in [6, 6.07) is 9.70. The van der Waals surface area contributed by atoms with Gasteiger partial charge in [0.15, 0.2) is 6.61 Å². The van der Waals surface area contributed by atoms with Crippen LogP contribution in [-0.4, -0.2) is 60.1 Å². The summed E-state index contributed by atoms with van der Waals surface area (Å²) in [6.45, 7) is 9.67. The molecule has 27 heavy (non-hydrogen) atoms. The van der Waals surface area contributed by atoms with Crippen LogP contribution < -0.4 is 15.0 Å². The minimum Gasteiger partial charge on any atom is -0.484 e. The molecule has 1 aromatic carbocycles. The number of nitrogens with zero attached hydrogens (tertiary/aromatic N) is 4. The van der Waals surface area contributed by atoms with Gasteiger partial charge in [-0.25, -0.2) is 9.97 Å². The van der Waals surface area contributed by atoms with E-state index in [1.807, 2.05) is 56.0 Å². The smallest absolute Gasteiger partial charge is 0.260 e. The van der Waals surface area contributed by atoms with Gasteiger partial charge in [-0.3, -0.25) is 4.79 Å². The third-order valence-corrected chi connectivity index (χ3v) is 4.52. The Hall–Kier alpha value is -2.83. The Morgan fingerprint density at radius 2 is 1.81 bits per heavy atom. The van der Waals surface area contributed by atoms with Crippen molar-refractivity contribution in [1.29, 1.82) is 0 Å². The van der Waals surface area contributed by atoms with Crippen LogP contribution in [0, 0.1) is 13.8 Å². The van der Waals surface area contributed by atoms with Gasteiger partial charge in [0.05, 0.1) is 0 Å². The molecule has 7 nitrogen and oxygen atoms in total. The Morgan fingerprint density at radius 1 is 1.11 bits per heavy atom. The van der Waals surface area contributed by atoms with Crippen LogP contribution >= 0.6 is 0 Å². The highest BCUT2D eigenvalue weighted by Crippen LogP contribution is 2.18. The SMILES string of the molecule is CCNc1cc(N2CCN(C(=O)COc3ccc(C)cc3)CC2)nc(C)n1. The summed E-state index contributed by atoms with van der Waals surface area (Å²) in [5, 5.41) is 3.23. The lowest BCUT2D eigenvalue weighted by Crippen LogP contribution is -2.50. The molecule has 1 aromatic heterocycles. The first-order valence-corrected chi connectivity index (χ1v) is 9.37. The summed E-state index contributed by atoms with van der Waals surface area (Å²) in [6.07, 6.45) is 0. The van der Waals surface area contributed by atoms with Gasteiger partial charge in [-0.15, -0.1) is 0 Å². The first kappa shape index (κ1) is 18.9. The standard InChI is InChI=1S/C20H27N5O2/c1-4-21-18-13-19(23-16(3)22-18)24-9-11-25(12-10-24)20(26)14-27-17-7-5-15(2)6-8-17/h5-8,13H,4,9-12,14H2,1-3H3,(H,21,22,23). The number of aryl methyl sites for hydroxylation is 2. The average molecular weight is 369 g/mol. The van der Waals surface area contributed by atoms with Crippen molar-refractivity contribution >= 4 is 17.5 Å². The Kier molecular flexibility index (Phi) is 6.11. The van der Waals surface area contributed by atoms with E-state index in [0.29, 0.717) is 13.1 Å². The van der Waals surface area contributed by atoms with Crippen LogP contribution in [0.5, 0.6) is 5.75 Å². The monoisotopic (exact) mass is 369 g/mol. The van der Waals surface area contributed by atoms with Gasteiger partial charge in [0.25, 0.3) is 5.91 Å². The van der Waals surface area contributed by atoms with Crippen molar-refractivity contribution in [1.82, 2.24) is 14.9 Å². The molecular formula is C20H27N5O2. The van der Waals surface area contributed by atoms with E-state index in [2.05, 4.69) is 20.2 Å². The Balaban J connectivity index is 1.52. The van der Waals surface area contributed by atoms with E-state index in [0.717, 1.165) is 42.8 Å². The van der Waals surface area contributed by atoms with Crippen LogP contribution in [0.2, 0.25) is 0 Å². The van der Waals surface area contributed by atoms with Crippen molar-refractivity contribution < 1.29 is 9.53 Å². The van der Waals surface area contributed by atoms with Gasteiger partial charge in [-0.1, -0.05) is 17.7 Å². The number of piperazine rings is 1.